The molecular formula is C11H11NO. The second kappa shape index (κ2) is 3.05. The van der Waals surface area contributed by atoms with Crippen LogP contribution in [0.1, 0.15) is 5.56 Å². The number of nitrogens with zero attached hydrogens (tertiary/aromatic N) is 1. The second-order valence-electron chi connectivity index (χ2n) is 3.10. The molecule has 2 nitrogen and oxygen atoms in total. The monoisotopic (exact) mass is 173 g/mol. The summed E-state index contributed by atoms with van der Waals surface area (Å²) in [6, 6.07) is 7.89. The molecule has 1 heterocycles. The molecule has 1 aromatic carbocycles. The minimum absolute atomic E-state index is 0.168. The maximum atomic E-state index is 11.5. The van der Waals surface area contributed by atoms with Crippen molar-refractivity contribution in [3.8, 4) is 0 Å². The highest BCUT2D eigenvalue weighted by molar-refractivity contribution is 6.01. The second-order valence-corrected chi connectivity index (χ2v) is 3.10. The molecule has 2 rings (SSSR count). The summed E-state index contributed by atoms with van der Waals surface area (Å²) in [7, 11) is 0. The van der Waals surface area contributed by atoms with Crippen LogP contribution >= 0.6 is 0 Å². The Kier molecular flexibility index (Phi) is 1.89. The zero-order chi connectivity index (χ0) is 9.26. The first kappa shape index (κ1) is 8.05. The van der Waals surface area contributed by atoms with E-state index in [4.69, 9.17) is 0 Å². The molecule has 66 valence electrons. The third-order valence-electron chi connectivity index (χ3n) is 2.24. The van der Waals surface area contributed by atoms with Crippen molar-refractivity contribution >= 4 is 11.6 Å². The number of rotatable bonds is 2. The Bertz CT molecular complexity index is 357. The highest BCUT2D eigenvalue weighted by Crippen LogP contribution is 2.27. The Morgan fingerprint density at radius 1 is 1.46 bits per heavy atom. The molecule has 1 aliphatic heterocycles. The molecule has 1 aliphatic rings. The molecule has 0 saturated heterocycles. The van der Waals surface area contributed by atoms with Gasteiger partial charge in [-0.15, -0.1) is 6.58 Å². The SMILES string of the molecule is C=CCN1C(=O)Cc2ccccc21. The molecular weight excluding hydrogens is 162 g/mol. The van der Waals surface area contributed by atoms with Crippen molar-refractivity contribution in [1.82, 2.24) is 0 Å². The van der Waals surface area contributed by atoms with Gasteiger partial charge in [-0.25, -0.2) is 0 Å². The topological polar surface area (TPSA) is 20.3 Å². The Balaban J connectivity index is 2.40. The first-order valence-corrected chi connectivity index (χ1v) is 4.32. The number of carbonyl (C=O) groups is 1. The van der Waals surface area contributed by atoms with Gasteiger partial charge in [0.05, 0.1) is 6.42 Å². The average molecular weight is 173 g/mol. The number of hydrogen-bond acceptors (Lipinski definition) is 1. The molecule has 0 bridgehead atoms. The number of carbonyl (C=O) groups excluding carboxylic acids is 1. The molecule has 0 fully saturated rings. The Labute approximate surface area is 77.5 Å². The van der Waals surface area contributed by atoms with Crippen LogP contribution < -0.4 is 4.90 Å². The van der Waals surface area contributed by atoms with Crippen LogP contribution in [-0.2, 0) is 11.2 Å². The molecule has 0 atom stereocenters. The van der Waals surface area contributed by atoms with Gasteiger partial charge >= 0.3 is 0 Å². The zero-order valence-electron chi connectivity index (χ0n) is 7.36. The van der Waals surface area contributed by atoms with E-state index in [1.54, 1.807) is 11.0 Å². The van der Waals surface area contributed by atoms with Gasteiger partial charge in [0.15, 0.2) is 0 Å². The zero-order valence-corrected chi connectivity index (χ0v) is 7.36. The van der Waals surface area contributed by atoms with Crippen LogP contribution in [-0.4, -0.2) is 12.5 Å². The Morgan fingerprint density at radius 2 is 2.23 bits per heavy atom. The molecule has 0 radical (unpaired) electrons. The summed E-state index contributed by atoms with van der Waals surface area (Å²) in [5, 5.41) is 0. The van der Waals surface area contributed by atoms with E-state index in [0.717, 1.165) is 11.3 Å². The minimum Gasteiger partial charge on any atom is -0.308 e. The van der Waals surface area contributed by atoms with Crippen molar-refractivity contribution in [1.29, 1.82) is 0 Å². The van der Waals surface area contributed by atoms with E-state index in [0.29, 0.717) is 13.0 Å². The van der Waals surface area contributed by atoms with Crippen molar-refractivity contribution in [2.75, 3.05) is 11.4 Å². The Hall–Kier alpha value is -1.57. The van der Waals surface area contributed by atoms with Crippen LogP contribution in [0.25, 0.3) is 0 Å². The molecule has 0 unspecified atom stereocenters. The fraction of sp³-hybridized carbons (Fsp3) is 0.182. The van der Waals surface area contributed by atoms with Gasteiger partial charge in [-0.2, -0.15) is 0 Å². The van der Waals surface area contributed by atoms with Crippen LogP contribution in [0.4, 0.5) is 5.69 Å². The van der Waals surface area contributed by atoms with E-state index in [-0.39, 0.29) is 5.91 Å². The molecule has 2 heteroatoms. The smallest absolute Gasteiger partial charge is 0.231 e. The molecule has 0 saturated carbocycles. The predicted octanol–water partition coefficient (Wildman–Crippen LogP) is 1.76. The lowest BCUT2D eigenvalue weighted by atomic mass is 10.2. The van der Waals surface area contributed by atoms with Gasteiger partial charge in [0, 0.05) is 12.2 Å². The molecule has 0 N–H and O–H groups in total. The number of fused-ring (bicyclic) bond motifs is 1. The number of amides is 1. The largest absolute Gasteiger partial charge is 0.308 e. The van der Waals surface area contributed by atoms with E-state index in [9.17, 15) is 4.79 Å². The maximum absolute atomic E-state index is 11.5. The third kappa shape index (κ3) is 1.24. The third-order valence-corrected chi connectivity index (χ3v) is 2.24. The van der Waals surface area contributed by atoms with Gasteiger partial charge in [-0.1, -0.05) is 24.3 Å². The molecule has 0 spiro atoms. The lowest BCUT2D eigenvalue weighted by Crippen LogP contribution is -2.26. The predicted molar refractivity (Wildman–Crippen MR) is 52.7 cm³/mol. The summed E-state index contributed by atoms with van der Waals surface area (Å²) >= 11 is 0. The van der Waals surface area contributed by atoms with Crippen LogP contribution in [0, 0.1) is 0 Å². The molecule has 0 aliphatic carbocycles. The van der Waals surface area contributed by atoms with Gasteiger partial charge in [-0.05, 0) is 11.6 Å². The number of para-hydroxylation sites is 1. The van der Waals surface area contributed by atoms with Gasteiger partial charge in [-0.3, -0.25) is 4.79 Å². The number of benzene rings is 1. The van der Waals surface area contributed by atoms with Gasteiger partial charge in [0.2, 0.25) is 5.91 Å². The van der Waals surface area contributed by atoms with Crippen molar-refractivity contribution in [3.05, 3.63) is 42.5 Å². The first-order chi connectivity index (χ1) is 6.33. The Morgan fingerprint density at radius 3 is 3.00 bits per heavy atom. The van der Waals surface area contributed by atoms with Gasteiger partial charge < -0.3 is 4.90 Å². The molecule has 13 heavy (non-hydrogen) atoms. The number of anilines is 1. The maximum Gasteiger partial charge on any atom is 0.231 e. The van der Waals surface area contributed by atoms with E-state index in [1.165, 1.54) is 0 Å². The summed E-state index contributed by atoms with van der Waals surface area (Å²) in [4.78, 5) is 13.3. The summed E-state index contributed by atoms with van der Waals surface area (Å²) in [5.41, 5.74) is 2.15. The summed E-state index contributed by atoms with van der Waals surface area (Å²) in [6.07, 6.45) is 2.28. The minimum atomic E-state index is 0.168. The molecule has 0 aromatic heterocycles. The van der Waals surface area contributed by atoms with Crippen LogP contribution in [0.5, 0.6) is 0 Å². The highest BCUT2D eigenvalue weighted by Gasteiger charge is 2.24. The highest BCUT2D eigenvalue weighted by atomic mass is 16.2. The van der Waals surface area contributed by atoms with Crippen molar-refractivity contribution in [3.63, 3.8) is 0 Å². The van der Waals surface area contributed by atoms with Crippen LogP contribution in [0.3, 0.4) is 0 Å². The van der Waals surface area contributed by atoms with Gasteiger partial charge in [0.25, 0.3) is 0 Å². The lowest BCUT2D eigenvalue weighted by Gasteiger charge is -2.14. The van der Waals surface area contributed by atoms with Crippen molar-refractivity contribution in [2.45, 2.75) is 6.42 Å². The average Bonchev–Trinajstić information content (AvgIpc) is 2.44. The quantitative estimate of drug-likeness (QED) is 0.624. The standard InChI is InChI=1S/C11H11NO/c1-2-7-12-10-6-4-3-5-9(10)8-11(12)13/h2-6H,1,7-8H2. The lowest BCUT2D eigenvalue weighted by molar-refractivity contribution is -0.117. The summed E-state index contributed by atoms with van der Waals surface area (Å²) < 4.78 is 0. The fourth-order valence-electron chi connectivity index (χ4n) is 1.65. The summed E-state index contributed by atoms with van der Waals surface area (Å²) in [5.74, 6) is 0.168. The van der Waals surface area contributed by atoms with Crippen molar-refractivity contribution in [2.24, 2.45) is 0 Å². The van der Waals surface area contributed by atoms with E-state index in [2.05, 4.69) is 6.58 Å². The summed E-state index contributed by atoms with van der Waals surface area (Å²) in [6.45, 7) is 4.24. The van der Waals surface area contributed by atoms with Crippen molar-refractivity contribution < 1.29 is 4.79 Å². The van der Waals surface area contributed by atoms with E-state index in [1.807, 2.05) is 24.3 Å². The fourth-order valence-corrected chi connectivity index (χ4v) is 1.65. The van der Waals surface area contributed by atoms with Crippen LogP contribution in [0.2, 0.25) is 0 Å². The van der Waals surface area contributed by atoms with Crippen LogP contribution in [0.15, 0.2) is 36.9 Å². The molecule has 1 aromatic rings. The van der Waals surface area contributed by atoms with Gasteiger partial charge in [0.1, 0.15) is 0 Å². The van der Waals surface area contributed by atoms with E-state index < -0.39 is 0 Å². The molecule has 1 amide bonds. The first-order valence-electron chi connectivity index (χ1n) is 4.32. The number of hydrogen-bond donors (Lipinski definition) is 0. The normalized spacial score (nSPS) is 14.5. The van der Waals surface area contributed by atoms with E-state index >= 15 is 0 Å².